The molecule has 0 aromatic rings. The zero-order valence-corrected chi connectivity index (χ0v) is 10.8. The maximum Gasteiger partial charge on any atom is 0.208 e. The third kappa shape index (κ3) is 4.49. The van der Waals surface area contributed by atoms with E-state index in [2.05, 4.69) is 4.72 Å². The molecule has 1 aliphatic heterocycles. The summed E-state index contributed by atoms with van der Waals surface area (Å²) in [5, 5.41) is 19.3. The van der Waals surface area contributed by atoms with E-state index < -0.39 is 34.6 Å². The minimum Gasteiger partial charge on any atom is -0.387 e. The van der Waals surface area contributed by atoms with Crippen molar-refractivity contribution in [1.82, 2.24) is 4.72 Å². The summed E-state index contributed by atoms with van der Waals surface area (Å²) < 4.78 is 34.5. The SMILES string of the molecule is CC(C)O[C@@H]1O[C@H](CNS(C)(=O)=O)[C@@H](O)[C@H]1O. The van der Waals surface area contributed by atoms with Crippen LogP contribution in [0, 0.1) is 0 Å². The van der Waals surface area contributed by atoms with Crippen molar-refractivity contribution >= 4 is 10.0 Å². The second-order valence-corrected chi connectivity index (χ2v) is 6.16. The van der Waals surface area contributed by atoms with Crippen molar-refractivity contribution in [3.05, 3.63) is 0 Å². The van der Waals surface area contributed by atoms with Crippen LogP contribution in [-0.4, -0.2) is 62.1 Å². The Morgan fingerprint density at radius 3 is 2.41 bits per heavy atom. The van der Waals surface area contributed by atoms with Crippen LogP contribution in [0.5, 0.6) is 0 Å². The first-order chi connectivity index (χ1) is 7.70. The minimum atomic E-state index is -3.36. The maximum atomic E-state index is 10.9. The van der Waals surface area contributed by atoms with Crippen molar-refractivity contribution in [1.29, 1.82) is 0 Å². The van der Waals surface area contributed by atoms with Gasteiger partial charge >= 0.3 is 0 Å². The Morgan fingerprint density at radius 2 is 1.94 bits per heavy atom. The number of ether oxygens (including phenoxy) is 2. The molecule has 0 aromatic heterocycles. The van der Waals surface area contributed by atoms with E-state index in [0.717, 1.165) is 6.26 Å². The van der Waals surface area contributed by atoms with Gasteiger partial charge in [0.1, 0.15) is 18.3 Å². The molecule has 0 aliphatic carbocycles. The summed E-state index contributed by atoms with van der Waals surface area (Å²) in [5.74, 6) is 0. The molecule has 0 saturated carbocycles. The molecule has 7 nitrogen and oxygen atoms in total. The molecule has 4 atom stereocenters. The van der Waals surface area contributed by atoms with Gasteiger partial charge in [-0.3, -0.25) is 0 Å². The molecule has 8 heteroatoms. The van der Waals surface area contributed by atoms with E-state index in [4.69, 9.17) is 9.47 Å². The molecule has 17 heavy (non-hydrogen) atoms. The van der Waals surface area contributed by atoms with Crippen molar-refractivity contribution in [2.45, 2.75) is 44.6 Å². The highest BCUT2D eigenvalue weighted by atomic mass is 32.2. The van der Waals surface area contributed by atoms with Crippen LogP contribution in [0.25, 0.3) is 0 Å². The van der Waals surface area contributed by atoms with Gasteiger partial charge in [0.05, 0.1) is 12.4 Å². The highest BCUT2D eigenvalue weighted by Gasteiger charge is 2.43. The second-order valence-electron chi connectivity index (χ2n) is 4.33. The molecule has 0 unspecified atom stereocenters. The summed E-state index contributed by atoms with van der Waals surface area (Å²) in [6.07, 6.45) is -3.26. The number of aliphatic hydroxyl groups excluding tert-OH is 2. The Morgan fingerprint density at radius 1 is 1.35 bits per heavy atom. The van der Waals surface area contributed by atoms with E-state index >= 15 is 0 Å². The lowest BCUT2D eigenvalue weighted by atomic mass is 10.1. The highest BCUT2D eigenvalue weighted by molar-refractivity contribution is 7.88. The molecule has 3 N–H and O–H groups in total. The lowest BCUT2D eigenvalue weighted by molar-refractivity contribution is -0.182. The third-order valence-corrected chi connectivity index (χ3v) is 2.96. The monoisotopic (exact) mass is 269 g/mol. The molecular weight excluding hydrogens is 250 g/mol. The smallest absolute Gasteiger partial charge is 0.208 e. The second kappa shape index (κ2) is 5.59. The Kier molecular flexibility index (Phi) is 4.87. The number of sulfonamides is 1. The van der Waals surface area contributed by atoms with Crippen LogP contribution in [0.4, 0.5) is 0 Å². The van der Waals surface area contributed by atoms with E-state index in [1.54, 1.807) is 13.8 Å². The Bertz CT molecular complexity index is 343. The number of aliphatic hydroxyl groups is 2. The van der Waals surface area contributed by atoms with Gasteiger partial charge in [-0.1, -0.05) is 0 Å². The van der Waals surface area contributed by atoms with Gasteiger partial charge in [0.15, 0.2) is 6.29 Å². The maximum absolute atomic E-state index is 10.9. The van der Waals surface area contributed by atoms with E-state index in [0.29, 0.717) is 0 Å². The van der Waals surface area contributed by atoms with Gasteiger partial charge < -0.3 is 19.7 Å². The molecule has 102 valence electrons. The lowest BCUT2D eigenvalue weighted by Crippen LogP contribution is -2.39. The highest BCUT2D eigenvalue weighted by Crippen LogP contribution is 2.22. The normalized spacial score (nSPS) is 34.5. The zero-order valence-electron chi connectivity index (χ0n) is 10.0. The van der Waals surface area contributed by atoms with Crippen molar-refractivity contribution in [2.24, 2.45) is 0 Å². The van der Waals surface area contributed by atoms with Crippen LogP contribution in [-0.2, 0) is 19.5 Å². The molecule has 0 radical (unpaired) electrons. The number of hydrogen-bond donors (Lipinski definition) is 3. The molecule has 1 aliphatic rings. The summed E-state index contributed by atoms with van der Waals surface area (Å²) in [6.45, 7) is 3.43. The summed E-state index contributed by atoms with van der Waals surface area (Å²) in [4.78, 5) is 0. The van der Waals surface area contributed by atoms with Crippen LogP contribution in [0.3, 0.4) is 0 Å². The molecule has 0 amide bonds. The average Bonchev–Trinajstić information content (AvgIpc) is 2.41. The van der Waals surface area contributed by atoms with Gasteiger partial charge in [-0.2, -0.15) is 0 Å². The van der Waals surface area contributed by atoms with Crippen molar-refractivity contribution in [3.63, 3.8) is 0 Å². The molecule has 1 rings (SSSR count). The van der Waals surface area contributed by atoms with Gasteiger partial charge in [-0.25, -0.2) is 13.1 Å². The van der Waals surface area contributed by atoms with Crippen LogP contribution in [0.1, 0.15) is 13.8 Å². The summed E-state index contributed by atoms with van der Waals surface area (Å²) in [6, 6.07) is 0. The molecule has 0 bridgehead atoms. The summed E-state index contributed by atoms with van der Waals surface area (Å²) in [5.41, 5.74) is 0. The van der Waals surface area contributed by atoms with E-state index in [1.165, 1.54) is 0 Å². The van der Waals surface area contributed by atoms with Gasteiger partial charge in [0.2, 0.25) is 10.0 Å². The Labute approximate surface area is 101 Å². The first-order valence-electron chi connectivity index (χ1n) is 5.32. The molecular formula is C9H19NO6S. The fourth-order valence-corrected chi connectivity index (χ4v) is 1.96. The largest absolute Gasteiger partial charge is 0.387 e. The quantitative estimate of drug-likeness (QED) is 0.555. The fraction of sp³-hybridized carbons (Fsp3) is 1.00. The number of nitrogens with one attached hydrogen (secondary N) is 1. The molecule has 0 spiro atoms. The molecule has 1 saturated heterocycles. The van der Waals surface area contributed by atoms with Crippen LogP contribution < -0.4 is 4.72 Å². The predicted molar refractivity (Wildman–Crippen MR) is 59.7 cm³/mol. The average molecular weight is 269 g/mol. The van der Waals surface area contributed by atoms with Crippen molar-refractivity contribution < 1.29 is 28.1 Å². The van der Waals surface area contributed by atoms with E-state index in [9.17, 15) is 18.6 Å². The fourth-order valence-electron chi connectivity index (χ4n) is 1.50. The topological polar surface area (TPSA) is 105 Å². The summed E-state index contributed by atoms with van der Waals surface area (Å²) >= 11 is 0. The first kappa shape index (κ1) is 14.8. The number of rotatable bonds is 5. The van der Waals surface area contributed by atoms with Gasteiger partial charge in [-0.05, 0) is 13.8 Å². The molecule has 0 aromatic carbocycles. The first-order valence-corrected chi connectivity index (χ1v) is 7.21. The molecule has 1 fully saturated rings. The Hall–Kier alpha value is -0.250. The van der Waals surface area contributed by atoms with E-state index in [1.807, 2.05) is 0 Å². The summed E-state index contributed by atoms with van der Waals surface area (Å²) in [7, 11) is -3.36. The van der Waals surface area contributed by atoms with Gasteiger partial charge in [-0.15, -0.1) is 0 Å². The zero-order chi connectivity index (χ0) is 13.2. The van der Waals surface area contributed by atoms with Crippen LogP contribution in [0.2, 0.25) is 0 Å². The third-order valence-electron chi connectivity index (χ3n) is 2.27. The number of hydrogen-bond acceptors (Lipinski definition) is 6. The van der Waals surface area contributed by atoms with Gasteiger partial charge in [0, 0.05) is 6.54 Å². The van der Waals surface area contributed by atoms with E-state index in [-0.39, 0.29) is 12.6 Å². The van der Waals surface area contributed by atoms with Crippen LogP contribution >= 0.6 is 0 Å². The Balaban J connectivity index is 2.53. The lowest BCUT2D eigenvalue weighted by Gasteiger charge is -2.17. The van der Waals surface area contributed by atoms with Gasteiger partial charge in [0.25, 0.3) is 0 Å². The molecule has 1 heterocycles. The minimum absolute atomic E-state index is 0.102. The van der Waals surface area contributed by atoms with Crippen LogP contribution in [0.15, 0.2) is 0 Å². The predicted octanol–water partition coefficient (Wildman–Crippen LogP) is -1.59. The van der Waals surface area contributed by atoms with Crippen molar-refractivity contribution in [3.8, 4) is 0 Å². The standard InChI is InChI=1S/C9H19NO6S/c1-5(2)15-9-8(12)7(11)6(16-9)4-10-17(3,13)14/h5-12H,4H2,1-3H3/t6-,7-,8-,9-/m1/s1. The van der Waals surface area contributed by atoms with Crippen molar-refractivity contribution in [2.75, 3.05) is 12.8 Å².